The van der Waals surface area contributed by atoms with Crippen molar-refractivity contribution in [2.75, 3.05) is 6.61 Å². The summed E-state index contributed by atoms with van der Waals surface area (Å²) in [6.45, 7) is -0.406. The van der Waals surface area contributed by atoms with Gasteiger partial charge in [-0.05, 0) is 30.5 Å². The molecule has 6 nitrogen and oxygen atoms in total. The van der Waals surface area contributed by atoms with Crippen LogP contribution in [0.4, 0.5) is 0 Å². The van der Waals surface area contributed by atoms with Gasteiger partial charge in [-0.25, -0.2) is 9.78 Å². The molecule has 0 aliphatic heterocycles. The summed E-state index contributed by atoms with van der Waals surface area (Å²) in [5.41, 5.74) is 2.52. The monoisotopic (exact) mass is 483 g/mol. The standard InChI is InChI=1S/C30H29NO5/c32-26(33)20-35-24-15-9-10-21(18-24)19-30(34)17-8-7-16-25(30)29-31-27(22-11-3-1-4-12-22)28(36-29)23-13-5-2-6-14-23/h1-6,9-15,18,25,34H,7-8,16-17,19-20H2,(H,32,33). The smallest absolute Gasteiger partial charge is 0.341 e. The fourth-order valence-corrected chi connectivity index (χ4v) is 5.09. The van der Waals surface area contributed by atoms with Crippen molar-refractivity contribution in [2.45, 2.75) is 43.6 Å². The van der Waals surface area contributed by atoms with Crippen molar-refractivity contribution in [1.29, 1.82) is 0 Å². The van der Waals surface area contributed by atoms with Crippen molar-refractivity contribution < 1.29 is 24.2 Å². The number of aliphatic carboxylic acids is 1. The van der Waals surface area contributed by atoms with E-state index in [1.54, 1.807) is 12.1 Å². The number of hydrogen-bond donors (Lipinski definition) is 2. The first kappa shape index (κ1) is 23.8. The molecule has 2 atom stereocenters. The van der Waals surface area contributed by atoms with Crippen molar-refractivity contribution in [3.8, 4) is 28.3 Å². The Hall–Kier alpha value is -3.90. The highest BCUT2D eigenvalue weighted by molar-refractivity contribution is 5.76. The molecule has 1 saturated carbocycles. The van der Waals surface area contributed by atoms with Crippen LogP contribution < -0.4 is 4.74 Å². The van der Waals surface area contributed by atoms with E-state index in [0.29, 0.717) is 30.2 Å². The Kier molecular flexibility index (Phi) is 6.87. The maximum Gasteiger partial charge on any atom is 0.341 e. The van der Waals surface area contributed by atoms with Crippen LogP contribution in [0.2, 0.25) is 0 Å². The number of carboxylic acid groups (broad SMARTS) is 1. The first-order valence-corrected chi connectivity index (χ1v) is 12.3. The van der Waals surface area contributed by atoms with Crippen molar-refractivity contribution >= 4 is 5.97 Å². The van der Waals surface area contributed by atoms with Crippen LogP contribution in [0.1, 0.15) is 43.1 Å². The highest BCUT2D eigenvalue weighted by atomic mass is 16.5. The van der Waals surface area contributed by atoms with Gasteiger partial charge in [0.15, 0.2) is 12.4 Å². The molecule has 1 aliphatic rings. The summed E-state index contributed by atoms with van der Waals surface area (Å²) in [5, 5.41) is 20.9. The van der Waals surface area contributed by atoms with Crippen LogP contribution in [0.3, 0.4) is 0 Å². The van der Waals surface area contributed by atoms with E-state index >= 15 is 0 Å². The molecule has 1 aliphatic carbocycles. The van der Waals surface area contributed by atoms with Gasteiger partial charge in [0, 0.05) is 17.5 Å². The lowest BCUT2D eigenvalue weighted by molar-refractivity contribution is -0.139. The van der Waals surface area contributed by atoms with E-state index in [1.807, 2.05) is 72.8 Å². The fraction of sp³-hybridized carbons (Fsp3) is 0.267. The van der Waals surface area contributed by atoms with Gasteiger partial charge in [-0.1, -0.05) is 85.6 Å². The molecule has 4 aromatic rings. The highest BCUT2D eigenvalue weighted by Gasteiger charge is 2.43. The number of oxazole rings is 1. The average Bonchev–Trinajstić information content (AvgIpc) is 3.34. The molecule has 1 fully saturated rings. The SMILES string of the molecule is O=C(O)COc1cccc(CC2(O)CCCCC2c2nc(-c3ccccc3)c(-c3ccccc3)o2)c1. The van der Waals surface area contributed by atoms with Crippen LogP contribution in [0, 0.1) is 0 Å². The summed E-state index contributed by atoms with van der Waals surface area (Å²) >= 11 is 0. The number of benzene rings is 3. The molecule has 1 heterocycles. The van der Waals surface area contributed by atoms with E-state index in [2.05, 4.69) is 0 Å². The van der Waals surface area contributed by atoms with Crippen molar-refractivity contribution in [2.24, 2.45) is 0 Å². The van der Waals surface area contributed by atoms with Gasteiger partial charge in [0.2, 0.25) is 5.89 Å². The van der Waals surface area contributed by atoms with Crippen LogP contribution in [-0.2, 0) is 11.2 Å². The Balaban J connectivity index is 1.49. The summed E-state index contributed by atoms with van der Waals surface area (Å²) in [6.07, 6.45) is 3.69. The Morgan fingerprint density at radius 3 is 2.42 bits per heavy atom. The Bertz CT molecular complexity index is 1260. The zero-order valence-corrected chi connectivity index (χ0v) is 20.0. The van der Waals surface area contributed by atoms with Crippen molar-refractivity contribution in [1.82, 2.24) is 4.98 Å². The van der Waals surface area contributed by atoms with E-state index in [4.69, 9.17) is 19.2 Å². The van der Waals surface area contributed by atoms with Gasteiger partial charge in [-0.15, -0.1) is 0 Å². The van der Waals surface area contributed by atoms with Crippen LogP contribution in [0.5, 0.6) is 5.75 Å². The summed E-state index contributed by atoms with van der Waals surface area (Å²) < 4.78 is 11.8. The minimum absolute atomic E-state index is 0.269. The molecule has 3 aromatic carbocycles. The lowest BCUT2D eigenvalue weighted by Crippen LogP contribution is -2.41. The van der Waals surface area contributed by atoms with Gasteiger partial charge in [-0.3, -0.25) is 0 Å². The largest absolute Gasteiger partial charge is 0.482 e. The van der Waals surface area contributed by atoms with Crippen LogP contribution in [0.25, 0.3) is 22.6 Å². The maximum absolute atomic E-state index is 12.0. The third kappa shape index (κ3) is 5.19. The number of carbonyl (C=O) groups is 1. The molecule has 1 aromatic heterocycles. The van der Waals surface area contributed by atoms with E-state index in [0.717, 1.165) is 41.6 Å². The van der Waals surface area contributed by atoms with Gasteiger partial charge in [-0.2, -0.15) is 0 Å². The third-order valence-corrected chi connectivity index (χ3v) is 6.80. The summed E-state index contributed by atoms with van der Waals surface area (Å²) in [6, 6.07) is 27.2. The van der Waals surface area contributed by atoms with Gasteiger partial charge >= 0.3 is 5.97 Å². The van der Waals surface area contributed by atoms with Gasteiger partial charge in [0.25, 0.3) is 0 Å². The number of hydrogen-bond acceptors (Lipinski definition) is 5. The van der Waals surface area contributed by atoms with Crippen molar-refractivity contribution in [3.05, 3.63) is 96.4 Å². The third-order valence-electron chi connectivity index (χ3n) is 6.80. The topological polar surface area (TPSA) is 92.8 Å². The molecular weight excluding hydrogens is 454 g/mol. The molecular formula is C30H29NO5. The molecule has 2 N–H and O–H groups in total. The molecule has 0 radical (unpaired) electrons. The predicted molar refractivity (Wildman–Crippen MR) is 137 cm³/mol. The fourth-order valence-electron chi connectivity index (χ4n) is 5.09. The second-order valence-electron chi connectivity index (χ2n) is 9.37. The normalized spacial score (nSPS) is 19.6. The van der Waals surface area contributed by atoms with Crippen LogP contribution in [0.15, 0.2) is 89.3 Å². The number of aromatic nitrogens is 1. The van der Waals surface area contributed by atoms with Crippen LogP contribution >= 0.6 is 0 Å². The molecule has 36 heavy (non-hydrogen) atoms. The molecule has 0 amide bonds. The van der Waals surface area contributed by atoms with Gasteiger partial charge < -0.3 is 19.4 Å². The highest BCUT2D eigenvalue weighted by Crippen LogP contribution is 2.45. The number of rotatable bonds is 8. The number of aliphatic hydroxyl groups is 1. The average molecular weight is 484 g/mol. The van der Waals surface area contributed by atoms with Gasteiger partial charge in [0.1, 0.15) is 11.4 Å². The lowest BCUT2D eigenvalue weighted by Gasteiger charge is -2.38. The first-order chi connectivity index (χ1) is 17.5. The lowest BCUT2D eigenvalue weighted by atomic mass is 9.72. The molecule has 5 rings (SSSR count). The molecule has 0 spiro atoms. The minimum Gasteiger partial charge on any atom is -0.482 e. The summed E-state index contributed by atoms with van der Waals surface area (Å²) in [7, 11) is 0. The Labute approximate surface area is 210 Å². The van der Waals surface area contributed by atoms with Gasteiger partial charge in [0.05, 0.1) is 11.5 Å². The quantitative estimate of drug-likeness (QED) is 0.314. The van der Waals surface area contributed by atoms with E-state index in [-0.39, 0.29) is 5.92 Å². The zero-order chi connectivity index (χ0) is 25.0. The second kappa shape index (κ2) is 10.4. The van der Waals surface area contributed by atoms with Crippen molar-refractivity contribution in [3.63, 3.8) is 0 Å². The van der Waals surface area contributed by atoms with E-state index in [9.17, 15) is 9.90 Å². The van der Waals surface area contributed by atoms with E-state index < -0.39 is 18.2 Å². The van der Waals surface area contributed by atoms with Crippen LogP contribution in [-0.4, -0.2) is 33.4 Å². The molecule has 184 valence electrons. The summed E-state index contributed by atoms with van der Waals surface area (Å²) in [5.74, 6) is 0.426. The minimum atomic E-state index is -1.05. The number of ether oxygens (including phenoxy) is 1. The zero-order valence-electron chi connectivity index (χ0n) is 20.0. The molecule has 6 heteroatoms. The first-order valence-electron chi connectivity index (χ1n) is 12.3. The summed E-state index contributed by atoms with van der Waals surface area (Å²) in [4.78, 5) is 15.8. The molecule has 0 bridgehead atoms. The molecule has 0 saturated heterocycles. The van der Waals surface area contributed by atoms with E-state index in [1.165, 1.54) is 0 Å². The number of carboxylic acids is 1. The maximum atomic E-state index is 12.0. The predicted octanol–water partition coefficient (Wildman–Crippen LogP) is 6.10. The molecule has 2 unspecified atom stereocenters. The number of nitrogens with zero attached hydrogens (tertiary/aromatic N) is 1. The Morgan fingerprint density at radius 2 is 1.69 bits per heavy atom. The Morgan fingerprint density at radius 1 is 0.972 bits per heavy atom. The second-order valence-corrected chi connectivity index (χ2v) is 9.37.